The van der Waals surface area contributed by atoms with Gasteiger partial charge in [0.2, 0.25) is 0 Å². The molecule has 2 rings (SSSR count). The van der Waals surface area contributed by atoms with Gasteiger partial charge in [-0.05, 0) is 12.1 Å². The van der Waals surface area contributed by atoms with E-state index in [4.69, 9.17) is 5.73 Å². The van der Waals surface area contributed by atoms with Crippen LogP contribution in [-0.2, 0) is 6.54 Å². The maximum Gasteiger partial charge on any atom is 0.406 e. The van der Waals surface area contributed by atoms with Crippen molar-refractivity contribution in [3.8, 4) is 0 Å². The highest BCUT2D eigenvalue weighted by molar-refractivity contribution is 5.86. The molecular weight excluding hydrogens is 207 g/mol. The fourth-order valence-corrected chi connectivity index (χ4v) is 1.43. The van der Waals surface area contributed by atoms with Crippen LogP contribution in [0.15, 0.2) is 24.5 Å². The molecule has 1 heterocycles. The fraction of sp³-hybridized carbons (Fsp3) is 0.222. The molecule has 15 heavy (non-hydrogen) atoms. The molecule has 0 bridgehead atoms. The number of nitrogen functional groups attached to an aromatic ring is 1. The monoisotopic (exact) mass is 215 g/mol. The molecule has 2 aromatic rings. The summed E-state index contributed by atoms with van der Waals surface area (Å²) in [4.78, 5) is 3.84. The van der Waals surface area contributed by atoms with Crippen LogP contribution in [0.4, 0.5) is 18.9 Å². The van der Waals surface area contributed by atoms with Gasteiger partial charge in [0.15, 0.2) is 0 Å². The summed E-state index contributed by atoms with van der Waals surface area (Å²) in [7, 11) is 0. The lowest BCUT2D eigenvalue weighted by molar-refractivity contribution is -0.139. The van der Waals surface area contributed by atoms with Crippen molar-refractivity contribution in [3.63, 3.8) is 0 Å². The summed E-state index contributed by atoms with van der Waals surface area (Å²) in [5.74, 6) is 0. The van der Waals surface area contributed by atoms with E-state index in [2.05, 4.69) is 4.98 Å². The molecule has 1 aromatic carbocycles. The molecule has 0 unspecified atom stereocenters. The Bertz CT molecular complexity index is 487. The Morgan fingerprint density at radius 3 is 2.73 bits per heavy atom. The van der Waals surface area contributed by atoms with Gasteiger partial charge >= 0.3 is 6.18 Å². The summed E-state index contributed by atoms with van der Waals surface area (Å²) >= 11 is 0. The molecule has 0 aliphatic heterocycles. The van der Waals surface area contributed by atoms with E-state index in [1.807, 2.05) is 0 Å². The summed E-state index contributed by atoms with van der Waals surface area (Å²) in [6.45, 7) is -1.05. The number of hydrogen-bond acceptors (Lipinski definition) is 2. The van der Waals surface area contributed by atoms with Gasteiger partial charge in [0.05, 0.1) is 17.5 Å². The van der Waals surface area contributed by atoms with Gasteiger partial charge in [0, 0.05) is 0 Å². The van der Waals surface area contributed by atoms with Crippen LogP contribution in [0.1, 0.15) is 0 Å². The predicted molar refractivity (Wildman–Crippen MR) is 50.2 cm³/mol. The van der Waals surface area contributed by atoms with Crippen LogP contribution in [0.25, 0.3) is 11.0 Å². The van der Waals surface area contributed by atoms with Gasteiger partial charge in [-0.25, -0.2) is 4.98 Å². The van der Waals surface area contributed by atoms with E-state index >= 15 is 0 Å². The van der Waals surface area contributed by atoms with Crippen LogP contribution in [0.5, 0.6) is 0 Å². The minimum atomic E-state index is -4.25. The third kappa shape index (κ3) is 1.88. The number of fused-ring (bicyclic) bond motifs is 1. The van der Waals surface area contributed by atoms with Crippen LogP contribution in [0.3, 0.4) is 0 Å². The van der Waals surface area contributed by atoms with E-state index in [-0.39, 0.29) is 0 Å². The lowest BCUT2D eigenvalue weighted by atomic mass is 10.3. The quantitative estimate of drug-likeness (QED) is 0.741. The zero-order valence-electron chi connectivity index (χ0n) is 7.62. The normalized spacial score (nSPS) is 12.2. The SMILES string of the molecule is Nc1cccc2c1ncn2CC(F)(F)F. The molecule has 0 atom stereocenters. The Morgan fingerprint density at radius 1 is 1.33 bits per heavy atom. The van der Waals surface area contributed by atoms with Crippen LogP contribution in [-0.4, -0.2) is 15.7 Å². The first kappa shape index (κ1) is 9.82. The van der Waals surface area contributed by atoms with Gasteiger partial charge in [0.1, 0.15) is 12.1 Å². The van der Waals surface area contributed by atoms with Gasteiger partial charge in [-0.15, -0.1) is 0 Å². The van der Waals surface area contributed by atoms with E-state index < -0.39 is 12.7 Å². The van der Waals surface area contributed by atoms with Crippen molar-refractivity contribution in [1.29, 1.82) is 0 Å². The summed E-state index contributed by atoms with van der Waals surface area (Å²) in [5.41, 5.74) is 6.76. The second-order valence-corrected chi connectivity index (χ2v) is 3.20. The molecule has 0 amide bonds. The van der Waals surface area contributed by atoms with E-state index in [0.29, 0.717) is 16.7 Å². The number of benzene rings is 1. The number of halogens is 3. The van der Waals surface area contributed by atoms with Crippen molar-refractivity contribution in [2.45, 2.75) is 12.7 Å². The van der Waals surface area contributed by atoms with Crippen molar-refractivity contribution in [2.24, 2.45) is 0 Å². The first-order valence-corrected chi connectivity index (χ1v) is 4.23. The predicted octanol–water partition coefficient (Wildman–Crippen LogP) is 2.18. The zero-order valence-corrected chi connectivity index (χ0v) is 7.62. The van der Waals surface area contributed by atoms with Crippen molar-refractivity contribution in [3.05, 3.63) is 24.5 Å². The van der Waals surface area contributed by atoms with Crippen molar-refractivity contribution in [2.75, 3.05) is 5.73 Å². The molecular formula is C9H8F3N3. The highest BCUT2D eigenvalue weighted by atomic mass is 19.4. The molecule has 6 heteroatoms. The number of rotatable bonds is 1. The molecule has 0 saturated carbocycles. The minimum Gasteiger partial charge on any atom is -0.397 e. The lowest BCUT2D eigenvalue weighted by Gasteiger charge is -2.07. The Balaban J connectivity index is 2.50. The number of anilines is 1. The van der Waals surface area contributed by atoms with E-state index in [1.165, 1.54) is 0 Å². The summed E-state index contributed by atoms with van der Waals surface area (Å²) in [5, 5.41) is 0. The van der Waals surface area contributed by atoms with Gasteiger partial charge in [-0.3, -0.25) is 0 Å². The highest BCUT2D eigenvalue weighted by Crippen LogP contribution is 2.23. The third-order valence-corrected chi connectivity index (χ3v) is 2.03. The number of nitrogens with two attached hydrogens (primary N) is 1. The molecule has 1 aromatic heterocycles. The molecule has 0 aliphatic carbocycles. The van der Waals surface area contributed by atoms with E-state index in [9.17, 15) is 13.2 Å². The van der Waals surface area contributed by atoms with Gasteiger partial charge in [0.25, 0.3) is 0 Å². The minimum absolute atomic E-state index is 0.383. The average Bonchev–Trinajstić information content (AvgIpc) is 2.48. The fourth-order valence-electron chi connectivity index (χ4n) is 1.43. The number of hydrogen-bond donors (Lipinski definition) is 1. The second kappa shape index (κ2) is 3.15. The summed E-state index contributed by atoms with van der Waals surface area (Å²) in [6, 6.07) is 4.77. The van der Waals surface area contributed by atoms with Crippen molar-refractivity contribution in [1.82, 2.24) is 9.55 Å². The molecule has 0 fully saturated rings. The maximum atomic E-state index is 12.2. The van der Waals surface area contributed by atoms with E-state index in [1.54, 1.807) is 18.2 Å². The van der Waals surface area contributed by atoms with Crippen LogP contribution in [0.2, 0.25) is 0 Å². The first-order chi connectivity index (χ1) is 6.97. The van der Waals surface area contributed by atoms with Gasteiger partial charge < -0.3 is 10.3 Å². The van der Waals surface area contributed by atoms with Crippen molar-refractivity contribution >= 4 is 16.7 Å². The molecule has 2 N–H and O–H groups in total. The Morgan fingerprint density at radius 2 is 2.07 bits per heavy atom. The van der Waals surface area contributed by atoms with Crippen LogP contribution < -0.4 is 5.73 Å². The number of aromatic nitrogens is 2. The molecule has 0 saturated heterocycles. The molecule has 80 valence electrons. The molecule has 0 radical (unpaired) electrons. The number of imidazole rings is 1. The molecule has 0 spiro atoms. The number of alkyl halides is 3. The van der Waals surface area contributed by atoms with Crippen LogP contribution >= 0.6 is 0 Å². The van der Waals surface area contributed by atoms with E-state index in [0.717, 1.165) is 10.9 Å². The number of nitrogens with zero attached hydrogens (tertiary/aromatic N) is 2. The Kier molecular flexibility index (Phi) is 2.06. The topological polar surface area (TPSA) is 43.8 Å². The smallest absolute Gasteiger partial charge is 0.397 e. The molecule has 0 aliphatic rings. The molecule has 3 nitrogen and oxygen atoms in total. The third-order valence-electron chi connectivity index (χ3n) is 2.03. The summed E-state index contributed by atoms with van der Waals surface area (Å²) in [6.07, 6.45) is -3.10. The number of para-hydroxylation sites is 1. The Hall–Kier alpha value is -1.72. The average molecular weight is 215 g/mol. The maximum absolute atomic E-state index is 12.2. The lowest BCUT2D eigenvalue weighted by Crippen LogP contribution is -2.16. The second-order valence-electron chi connectivity index (χ2n) is 3.20. The highest BCUT2D eigenvalue weighted by Gasteiger charge is 2.28. The van der Waals surface area contributed by atoms with Crippen LogP contribution in [0, 0.1) is 0 Å². The zero-order chi connectivity index (χ0) is 11.1. The first-order valence-electron chi connectivity index (χ1n) is 4.23. The Labute approximate surface area is 83.3 Å². The van der Waals surface area contributed by atoms with Gasteiger partial charge in [-0.2, -0.15) is 13.2 Å². The summed E-state index contributed by atoms with van der Waals surface area (Å²) < 4.78 is 37.5. The standard InChI is InChI=1S/C9H8F3N3/c10-9(11,12)4-15-5-14-8-6(13)2-1-3-7(8)15/h1-3,5H,4,13H2. The van der Waals surface area contributed by atoms with Gasteiger partial charge in [-0.1, -0.05) is 6.07 Å². The largest absolute Gasteiger partial charge is 0.406 e. The van der Waals surface area contributed by atoms with Crippen molar-refractivity contribution < 1.29 is 13.2 Å².